The zero-order valence-electron chi connectivity index (χ0n) is 18.8. The lowest BCUT2D eigenvalue weighted by molar-refractivity contribution is 0.404. The van der Waals surface area contributed by atoms with Crippen molar-refractivity contribution in [1.82, 2.24) is 13.9 Å². The fourth-order valence-corrected chi connectivity index (χ4v) is 4.70. The van der Waals surface area contributed by atoms with Gasteiger partial charge in [0.1, 0.15) is 11.5 Å². The largest absolute Gasteiger partial charge is 0.497 e. The van der Waals surface area contributed by atoms with Crippen LogP contribution in [0.4, 0.5) is 5.69 Å². The molecule has 2 aromatic heterocycles. The Hall–Kier alpha value is -3.52. The van der Waals surface area contributed by atoms with Gasteiger partial charge in [-0.2, -0.15) is 0 Å². The first kappa shape index (κ1) is 21.7. The average Bonchev–Trinajstić information content (AvgIpc) is 3.32. The van der Waals surface area contributed by atoms with Crippen LogP contribution in [0, 0.1) is 6.92 Å². The van der Waals surface area contributed by atoms with Crippen molar-refractivity contribution in [3.8, 4) is 28.4 Å². The molecule has 0 fully saturated rings. The minimum atomic E-state index is -0.146. The highest BCUT2D eigenvalue weighted by Gasteiger charge is 2.17. The van der Waals surface area contributed by atoms with Crippen LogP contribution in [0.2, 0.25) is 0 Å². The van der Waals surface area contributed by atoms with E-state index >= 15 is 0 Å². The van der Waals surface area contributed by atoms with E-state index in [1.807, 2.05) is 72.6 Å². The summed E-state index contributed by atoms with van der Waals surface area (Å²) in [6.07, 6.45) is 0. The quantitative estimate of drug-likeness (QED) is 0.440. The first-order chi connectivity index (χ1) is 15.5. The Labute approximate surface area is 190 Å². The lowest BCUT2D eigenvalue weighted by Crippen LogP contribution is -2.20. The number of hydrogen-bond acceptors (Lipinski definition) is 5. The lowest BCUT2D eigenvalue weighted by atomic mass is 10.1. The fraction of sp³-hybridized carbons (Fsp3) is 0.250. The molecular formula is C24H26N4O3S. The molecule has 4 aromatic rings. The van der Waals surface area contributed by atoms with Gasteiger partial charge in [0.05, 0.1) is 31.3 Å². The maximum absolute atomic E-state index is 13.3. The molecule has 8 heteroatoms. The van der Waals surface area contributed by atoms with Gasteiger partial charge in [0.15, 0.2) is 10.5 Å². The van der Waals surface area contributed by atoms with E-state index in [1.54, 1.807) is 18.9 Å². The van der Waals surface area contributed by atoms with Gasteiger partial charge in [-0.25, -0.2) is 9.67 Å². The number of benzene rings is 2. The van der Waals surface area contributed by atoms with Gasteiger partial charge in [-0.05, 0) is 44.2 Å². The molecule has 0 saturated carbocycles. The average molecular weight is 451 g/mol. The highest BCUT2D eigenvalue weighted by molar-refractivity contribution is 7.07. The molecule has 0 saturated heterocycles. The summed E-state index contributed by atoms with van der Waals surface area (Å²) in [5.41, 5.74) is 3.77. The first-order valence-corrected chi connectivity index (χ1v) is 11.2. The fourth-order valence-electron chi connectivity index (χ4n) is 3.73. The number of thiazole rings is 1. The van der Waals surface area contributed by atoms with Crippen LogP contribution in [-0.4, -0.2) is 28.2 Å². The number of rotatable bonds is 6. The molecular weight excluding hydrogens is 424 g/mol. The van der Waals surface area contributed by atoms with Crippen molar-refractivity contribution in [3.05, 3.63) is 74.8 Å². The van der Waals surface area contributed by atoms with Crippen molar-refractivity contribution in [2.75, 3.05) is 14.2 Å². The van der Waals surface area contributed by atoms with Gasteiger partial charge in [-0.15, -0.1) is 11.3 Å². The monoisotopic (exact) mass is 450 g/mol. The van der Waals surface area contributed by atoms with Crippen molar-refractivity contribution in [2.45, 2.75) is 20.4 Å². The molecule has 0 radical (unpaired) electrons. The highest BCUT2D eigenvalue weighted by Crippen LogP contribution is 2.33. The van der Waals surface area contributed by atoms with Crippen LogP contribution in [0.5, 0.6) is 11.5 Å². The highest BCUT2D eigenvalue weighted by atomic mass is 32.1. The molecule has 0 bridgehead atoms. The zero-order valence-corrected chi connectivity index (χ0v) is 19.6. The van der Waals surface area contributed by atoms with Gasteiger partial charge in [0.2, 0.25) is 0 Å². The molecule has 0 spiro atoms. The van der Waals surface area contributed by atoms with Crippen molar-refractivity contribution < 1.29 is 9.47 Å². The van der Waals surface area contributed by atoms with Crippen LogP contribution in [0.15, 0.2) is 63.7 Å². The summed E-state index contributed by atoms with van der Waals surface area (Å²) in [7, 11) is 5.17. The Morgan fingerprint density at radius 1 is 1.06 bits per heavy atom. The molecule has 7 nitrogen and oxygen atoms in total. The Balaban J connectivity index is 1.90. The molecule has 0 aliphatic rings. The predicted molar refractivity (Wildman–Crippen MR) is 127 cm³/mol. The molecule has 0 unspecified atom stereocenters. The van der Waals surface area contributed by atoms with E-state index in [0.29, 0.717) is 12.2 Å². The SMILES string of the molecule is CCn1c(-c2cc(OC)ccc2OC)csc1=Nc1c(C)n(C)n(-c2ccccc2)c1=O. The molecule has 32 heavy (non-hydrogen) atoms. The summed E-state index contributed by atoms with van der Waals surface area (Å²) in [5.74, 6) is 1.50. The van der Waals surface area contributed by atoms with Gasteiger partial charge in [0.25, 0.3) is 5.56 Å². The number of ether oxygens (including phenoxy) is 2. The van der Waals surface area contributed by atoms with Gasteiger partial charge in [-0.3, -0.25) is 9.48 Å². The Kier molecular flexibility index (Phi) is 6.05. The maximum atomic E-state index is 13.3. The molecule has 2 aromatic carbocycles. The van der Waals surface area contributed by atoms with E-state index in [2.05, 4.69) is 11.5 Å². The third-order valence-corrected chi connectivity index (χ3v) is 6.39. The van der Waals surface area contributed by atoms with Crippen LogP contribution in [0.25, 0.3) is 16.9 Å². The van der Waals surface area contributed by atoms with E-state index < -0.39 is 0 Å². The summed E-state index contributed by atoms with van der Waals surface area (Å²) in [6.45, 7) is 4.66. The Morgan fingerprint density at radius 2 is 1.81 bits per heavy atom. The van der Waals surface area contributed by atoms with E-state index in [0.717, 1.165) is 38.9 Å². The number of hydrogen-bond donors (Lipinski definition) is 0. The van der Waals surface area contributed by atoms with E-state index in [9.17, 15) is 4.79 Å². The molecule has 166 valence electrons. The smallest absolute Gasteiger partial charge is 0.297 e. The molecule has 0 N–H and O–H groups in total. The second kappa shape index (κ2) is 8.92. The molecule has 2 heterocycles. The number of aromatic nitrogens is 3. The minimum Gasteiger partial charge on any atom is -0.497 e. The normalized spacial score (nSPS) is 11.7. The summed E-state index contributed by atoms with van der Waals surface area (Å²) in [5, 5.41) is 2.04. The summed E-state index contributed by atoms with van der Waals surface area (Å²) in [4.78, 5) is 18.8. The summed E-state index contributed by atoms with van der Waals surface area (Å²) < 4.78 is 16.6. The molecule has 4 rings (SSSR count). The van der Waals surface area contributed by atoms with Crippen LogP contribution in [-0.2, 0) is 13.6 Å². The van der Waals surface area contributed by atoms with Crippen molar-refractivity contribution in [1.29, 1.82) is 0 Å². The molecule has 0 aliphatic heterocycles. The third-order valence-electron chi connectivity index (χ3n) is 5.53. The number of nitrogens with zero attached hydrogens (tertiary/aromatic N) is 4. The third kappa shape index (κ3) is 3.67. The van der Waals surface area contributed by atoms with E-state index in [-0.39, 0.29) is 5.56 Å². The summed E-state index contributed by atoms with van der Waals surface area (Å²) in [6, 6.07) is 15.3. The second-order valence-electron chi connectivity index (χ2n) is 7.24. The Morgan fingerprint density at radius 3 is 2.47 bits per heavy atom. The Bertz CT molecular complexity index is 1380. The second-order valence-corrected chi connectivity index (χ2v) is 8.07. The molecule has 0 atom stereocenters. The topological polar surface area (TPSA) is 62.7 Å². The van der Waals surface area contributed by atoms with E-state index in [1.165, 1.54) is 11.3 Å². The standard InChI is InChI=1S/C24H26N4O3S/c1-6-27-20(19-14-18(30-4)12-13-21(19)31-5)15-32-24(27)25-22-16(2)26(3)28(23(22)29)17-10-8-7-9-11-17/h7-15H,6H2,1-5H3. The van der Waals surface area contributed by atoms with Gasteiger partial charge < -0.3 is 14.0 Å². The number of para-hydroxylation sites is 1. The van der Waals surface area contributed by atoms with Crippen LogP contribution in [0.3, 0.4) is 0 Å². The van der Waals surface area contributed by atoms with E-state index in [4.69, 9.17) is 14.5 Å². The summed E-state index contributed by atoms with van der Waals surface area (Å²) >= 11 is 1.49. The van der Waals surface area contributed by atoms with Gasteiger partial charge >= 0.3 is 0 Å². The molecule has 0 aliphatic carbocycles. The number of methoxy groups -OCH3 is 2. The van der Waals surface area contributed by atoms with Crippen LogP contribution in [0.1, 0.15) is 12.6 Å². The zero-order chi connectivity index (χ0) is 22.8. The van der Waals surface area contributed by atoms with Crippen LogP contribution < -0.4 is 19.8 Å². The van der Waals surface area contributed by atoms with Crippen LogP contribution >= 0.6 is 11.3 Å². The molecule has 0 amide bonds. The van der Waals surface area contributed by atoms with Crippen molar-refractivity contribution in [3.63, 3.8) is 0 Å². The maximum Gasteiger partial charge on any atom is 0.297 e. The van der Waals surface area contributed by atoms with Crippen molar-refractivity contribution in [2.24, 2.45) is 12.0 Å². The lowest BCUT2D eigenvalue weighted by Gasteiger charge is -2.12. The van der Waals surface area contributed by atoms with Gasteiger partial charge in [-0.1, -0.05) is 18.2 Å². The first-order valence-electron chi connectivity index (χ1n) is 10.3. The predicted octanol–water partition coefficient (Wildman–Crippen LogP) is 4.28. The van der Waals surface area contributed by atoms with Crippen molar-refractivity contribution >= 4 is 17.0 Å². The minimum absolute atomic E-state index is 0.146. The van der Waals surface area contributed by atoms with Gasteiger partial charge in [0, 0.05) is 24.5 Å².